The van der Waals surface area contributed by atoms with Gasteiger partial charge in [-0.15, -0.1) is 0 Å². The highest BCUT2D eigenvalue weighted by molar-refractivity contribution is 5.38. The zero-order valence-electron chi connectivity index (χ0n) is 11.5. The highest BCUT2D eigenvalue weighted by Gasteiger charge is 2.33. The van der Waals surface area contributed by atoms with Crippen molar-refractivity contribution in [3.63, 3.8) is 0 Å². The fourth-order valence-corrected chi connectivity index (χ4v) is 3.18. The van der Waals surface area contributed by atoms with Crippen LogP contribution in [0.1, 0.15) is 36.8 Å². The third-order valence-electron chi connectivity index (χ3n) is 4.41. The summed E-state index contributed by atoms with van der Waals surface area (Å²) in [6.07, 6.45) is 8.98. The van der Waals surface area contributed by atoms with Crippen LogP contribution in [-0.2, 0) is 5.41 Å². The van der Waals surface area contributed by atoms with E-state index in [4.69, 9.17) is 5.73 Å². The SMILES string of the molecule is Cc1cnn(-c2ccc(C3(CN)CCCC3)cc2)c1. The molecule has 3 rings (SSSR count). The molecular formula is C16H21N3. The Labute approximate surface area is 114 Å². The summed E-state index contributed by atoms with van der Waals surface area (Å²) in [5.74, 6) is 0. The van der Waals surface area contributed by atoms with Crippen molar-refractivity contribution in [3.8, 4) is 5.69 Å². The van der Waals surface area contributed by atoms with E-state index in [2.05, 4.69) is 36.3 Å². The molecule has 0 unspecified atom stereocenters. The first-order valence-corrected chi connectivity index (χ1v) is 7.06. The molecule has 0 saturated heterocycles. The van der Waals surface area contributed by atoms with Crippen LogP contribution in [0.2, 0.25) is 0 Å². The fraction of sp³-hybridized carbons (Fsp3) is 0.438. The molecule has 1 aliphatic rings. The van der Waals surface area contributed by atoms with Crippen molar-refractivity contribution in [2.24, 2.45) is 5.73 Å². The minimum atomic E-state index is 0.221. The number of rotatable bonds is 3. The van der Waals surface area contributed by atoms with Crippen molar-refractivity contribution < 1.29 is 0 Å². The standard InChI is InChI=1S/C16H21N3/c1-13-10-18-19(11-13)15-6-4-14(5-7-15)16(12-17)8-2-3-9-16/h4-7,10-11H,2-3,8-9,12,17H2,1H3. The lowest BCUT2D eigenvalue weighted by Gasteiger charge is -2.28. The summed E-state index contributed by atoms with van der Waals surface area (Å²) in [5, 5.41) is 4.34. The molecule has 0 atom stereocenters. The van der Waals surface area contributed by atoms with Crippen LogP contribution >= 0.6 is 0 Å². The number of benzene rings is 1. The highest BCUT2D eigenvalue weighted by atomic mass is 15.3. The lowest BCUT2D eigenvalue weighted by molar-refractivity contribution is 0.453. The Hall–Kier alpha value is -1.61. The van der Waals surface area contributed by atoms with E-state index in [1.807, 2.05) is 17.1 Å². The monoisotopic (exact) mass is 255 g/mol. The summed E-state index contributed by atoms with van der Waals surface area (Å²) in [5.41, 5.74) is 9.94. The molecule has 2 N–H and O–H groups in total. The Morgan fingerprint density at radius 1 is 1.21 bits per heavy atom. The van der Waals surface area contributed by atoms with Crippen LogP contribution in [0.25, 0.3) is 5.69 Å². The van der Waals surface area contributed by atoms with Crippen molar-refractivity contribution in [1.29, 1.82) is 0 Å². The van der Waals surface area contributed by atoms with Gasteiger partial charge in [-0.1, -0.05) is 25.0 Å². The topological polar surface area (TPSA) is 43.8 Å². The molecule has 1 fully saturated rings. The van der Waals surface area contributed by atoms with Crippen LogP contribution in [0, 0.1) is 6.92 Å². The minimum absolute atomic E-state index is 0.221. The van der Waals surface area contributed by atoms with Crippen LogP contribution in [-0.4, -0.2) is 16.3 Å². The van der Waals surface area contributed by atoms with E-state index in [1.165, 1.54) is 36.8 Å². The van der Waals surface area contributed by atoms with Crippen molar-refractivity contribution in [2.45, 2.75) is 38.0 Å². The van der Waals surface area contributed by atoms with Gasteiger partial charge in [0.1, 0.15) is 0 Å². The summed E-state index contributed by atoms with van der Waals surface area (Å²) in [7, 11) is 0. The fourth-order valence-electron chi connectivity index (χ4n) is 3.18. The maximum absolute atomic E-state index is 6.04. The molecule has 1 aliphatic carbocycles. The Balaban J connectivity index is 1.90. The average Bonchev–Trinajstić information content (AvgIpc) is 3.08. The number of hydrogen-bond donors (Lipinski definition) is 1. The van der Waals surface area contributed by atoms with Gasteiger partial charge in [0, 0.05) is 18.2 Å². The third-order valence-corrected chi connectivity index (χ3v) is 4.41. The molecule has 100 valence electrons. The number of aryl methyl sites for hydroxylation is 1. The number of nitrogens with zero attached hydrogens (tertiary/aromatic N) is 2. The van der Waals surface area contributed by atoms with Gasteiger partial charge in [0.15, 0.2) is 0 Å². The molecule has 0 aliphatic heterocycles. The third kappa shape index (κ3) is 2.19. The van der Waals surface area contributed by atoms with Gasteiger partial charge in [-0.25, -0.2) is 4.68 Å². The maximum atomic E-state index is 6.04. The first-order valence-electron chi connectivity index (χ1n) is 7.06. The van der Waals surface area contributed by atoms with E-state index >= 15 is 0 Å². The van der Waals surface area contributed by atoms with E-state index in [0.717, 1.165) is 12.2 Å². The summed E-state index contributed by atoms with van der Waals surface area (Å²) in [6.45, 7) is 2.81. The first kappa shape index (κ1) is 12.4. The Morgan fingerprint density at radius 2 is 1.89 bits per heavy atom. The molecule has 3 heteroatoms. The molecule has 0 amide bonds. The van der Waals surface area contributed by atoms with Gasteiger partial charge in [-0.2, -0.15) is 5.10 Å². The van der Waals surface area contributed by atoms with Crippen LogP contribution in [0.5, 0.6) is 0 Å². The van der Waals surface area contributed by atoms with Crippen molar-refractivity contribution in [2.75, 3.05) is 6.54 Å². The van der Waals surface area contributed by atoms with Gasteiger partial charge in [0.2, 0.25) is 0 Å². The van der Waals surface area contributed by atoms with E-state index < -0.39 is 0 Å². The molecule has 19 heavy (non-hydrogen) atoms. The molecule has 1 heterocycles. The Kier molecular flexibility index (Phi) is 3.15. The predicted octanol–water partition coefficient (Wildman–Crippen LogP) is 2.95. The molecule has 0 spiro atoms. The van der Waals surface area contributed by atoms with Crippen molar-refractivity contribution in [3.05, 3.63) is 47.8 Å². The second kappa shape index (κ2) is 4.82. The zero-order valence-corrected chi connectivity index (χ0v) is 11.5. The molecule has 1 aromatic heterocycles. The van der Waals surface area contributed by atoms with E-state index in [-0.39, 0.29) is 5.41 Å². The van der Waals surface area contributed by atoms with Crippen LogP contribution in [0.3, 0.4) is 0 Å². The van der Waals surface area contributed by atoms with E-state index in [9.17, 15) is 0 Å². The van der Waals surface area contributed by atoms with Crippen molar-refractivity contribution >= 4 is 0 Å². The van der Waals surface area contributed by atoms with Gasteiger partial charge in [-0.3, -0.25) is 0 Å². The lowest BCUT2D eigenvalue weighted by atomic mass is 9.79. The Bertz CT molecular complexity index is 548. The number of aromatic nitrogens is 2. The first-order chi connectivity index (χ1) is 9.23. The van der Waals surface area contributed by atoms with Crippen LogP contribution in [0.4, 0.5) is 0 Å². The molecule has 0 radical (unpaired) electrons. The quantitative estimate of drug-likeness (QED) is 0.916. The van der Waals surface area contributed by atoms with Gasteiger partial charge < -0.3 is 5.73 Å². The summed E-state index contributed by atoms with van der Waals surface area (Å²) in [4.78, 5) is 0. The second-order valence-corrected chi connectivity index (χ2v) is 5.70. The number of hydrogen-bond acceptors (Lipinski definition) is 2. The smallest absolute Gasteiger partial charge is 0.0645 e. The molecule has 1 saturated carbocycles. The molecule has 0 bridgehead atoms. The molecular weight excluding hydrogens is 234 g/mol. The Morgan fingerprint density at radius 3 is 2.42 bits per heavy atom. The zero-order chi connectivity index (χ0) is 13.3. The van der Waals surface area contributed by atoms with Gasteiger partial charge in [0.25, 0.3) is 0 Å². The van der Waals surface area contributed by atoms with Gasteiger partial charge >= 0.3 is 0 Å². The average molecular weight is 255 g/mol. The maximum Gasteiger partial charge on any atom is 0.0645 e. The van der Waals surface area contributed by atoms with Gasteiger partial charge in [-0.05, 0) is 43.0 Å². The molecule has 2 aromatic rings. The van der Waals surface area contributed by atoms with Crippen molar-refractivity contribution in [1.82, 2.24) is 9.78 Å². The number of nitrogens with two attached hydrogens (primary N) is 1. The summed E-state index contributed by atoms with van der Waals surface area (Å²) >= 11 is 0. The largest absolute Gasteiger partial charge is 0.330 e. The lowest BCUT2D eigenvalue weighted by Crippen LogP contribution is -2.31. The van der Waals surface area contributed by atoms with Crippen LogP contribution in [0.15, 0.2) is 36.7 Å². The van der Waals surface area contributed by atoms with Gasteiger partial charge in [0.05, 0.1) is 11.9 Å². The summed E-state index contributed by atoms with van der Waals surface area (Å²) in [6, 6.07) is 8.75. The van der Waals surface area contributed by atoms with E-state index in [0.29, 0.717) is 0 Å². The second-order valence-electron chi connectivity index (χ2n) is 5.70. The minimum Gasteiger partial charge on any atom is -0.330 e. The van der Waals surface area contributed by atoms with Crippen LogP contribution < -0.4 is 5.73 Å². The summed E-state index contributed by atoms with van der Waals surface area (Å²) < 4.78 is 1.92. The molecule has 1 aromatic carbocycles. The molecule has 3 nitrogen and oxygen atoms in total. The normalized spacial score (nSPS) is 17.8. The predicted molar refractivity (Wildman–Crippen MR) is 77.5 cm³/mol. The highest BCUT2D eigenvalue weighted by Crippen LogP contribution is 2.40. The van der Waals surface area contributed by atoms with E-state index in [1.54, 1.807) is 0 Å².